The van der Waals surface area contributed by atoms with Gasteiger partial charge in [0.15, 0.2) is 5.75 Å². The van der Waals surface area contributed by atoms with E-state index in [0.29, 0.717) is 5.56 Å². The predicted octanol–water partition coefficient (Wildman–Crippen LogP) is 2.49. The van der Waals surface area contributed by atoms with E-state index in [2.05, 4.69) is 0 Å². The fourth-order valence-electron chi connectivity index (χ4n) is 1.53. The van der Waals surface area contributed by atoms with Crippen molar-refractivity contribution in [2.24, 2.45) is 0 Å². The number of ether oxygens (including phenoxy) is 2. The average Bonchev–Trinajstić information content (AvgIpc) is 2.25. The Labute approximate surface area is 111 Å². The lowest BCUT2D eigenvalue weighted by molar-refractivity contribution is -0.385. The van der Waals surface area contributed by atoms with Gasteiger partial charge in [0.25, 0.3) is 0 Å². The first kappa shape index (κ1) is 14.9. The molecule has 0 radical (unpaired) electrons. The number of nitro groups is 1. The van der Waals surface area contributed by atoms with E-state index in [1.54, 1.807) is 20.8 Å². The standard InChI is InChI=1S/C13H17NO5/c1-13(2,3)19-12(15)8-9-5-6-10(14(16)17)11(7-9)18-4/h5-7H,8H2,1-4H3. The number of carbonyl (C=O) groups excluding carboxylic acids is 1. The molecule has 0 aliphatic rings. The minimum absolute atomic E-state index is 0.0472. The number of methoxy groups -OCH3 is 1. The first-order chi connectivity index (χ1) is 8.73. The molecule has 0 heterocycles. The van der Waals surface area contributed by atoms with Crippen molar-refractivity contribution >= 4 is 11.7 Å². The highest BCUT2D eigenvalue weighted by Gasteiger charge is 2.19. The van der Waals surface area contributed by atoms with E-state index in [1.807, 2.05) is 0 Å². The number of benzene rings is 1. The molecule has 1 aromatic carbocycles. The zero-order valence-corrected chi connectivity index (χ0v) is 11.4. The van der Waals surface area contributed by atoms with Crippen LogP contribution in [0.3, 0.4) is 0 Å². The highest BCUT2D eigenvalue weighted by molar-refractivity contribution is 5.73. The summed E-state index contributed by atoms with van der Waals surface area (Å²) in [7, 11) is 1.35. The molecule has 6 nitrogen and oxygen atoms in total. The van der Waals surface area contributed by atoms with Crippen molar-refractivity contribution in [1.82, 2.24) is 0 Å². The zero-order chi connectivity index (χ0) is 14.6. The molecule has 0 aliphatic carbocycles. The van der Waals surface area contributed by atoms with Crippen LogP contribution in [0.1, 0.15) is 26.3 Å². The van der Waals surface area contributed by atoms with Crippen LogP contribution in [0.25, 0.3) is 0 Å². The lowest BCUT2D eigenvalue weighted by Gasteiger charge is -2.19. The van der Waals surface area contributed by atoms with Gasteiger partial charge in [-0.1, -0.05) is 6.07 Å². The third-order valence-electron chi connectivity index (χ3n) is 2.21. The van der Waals surface area contributed by atoms with Crippen molar-refractivity contribution in [3.05, 3.63) is 33.9 Å². The van der Waals surface area contributed by atoms with Crippen molar-refractivity contribution < 1.29 is 19.2 Å². The lowest BCUT2D eigenvalue weighted by Crippen LogP contribution is -2.24. The average molecular weight is 267 g/mol. The second-order valence-electron chi connectivity index (χ2n) is 5.03. The third-order valence-corrected chi connectivity index (χ3v) is 2.21. The van der Waals surface area contributed by atoms with Gasteiger partial charge < -0.3 is 9.47 Å². The fourth-order valence-corrected chi connectivity index (χ4v) is 1.53. The molecule has 0 saturated carbocycles. The number of hydrogen-bond donors (Lipinski definition) is 0. The van der Waals surface area contributed by atoms with Crippen LogP contribution in [-0.4, -0.2) is 23.6 Å². The van der Waals surface area contributed by atoms with E-state index in [1.165, 1.54) is 25.3 Å². The molecule has 0 amide bonds. The van der Waals surface area contributed by atoms with E-state index >= 15 is 0 Å². The Kier molecular flexibility index (Phi) is 4.47. The van der Waals surface area contributed by atoms with Crippen LogP contribution in [0, 0.1) is 10.1 Å². The fraction of sp³-hybridized carbons (Fsp3) is 0.462. The second kappa shape index (κ2) is 5.69. The summed E-state index contributed by atoms with van der Waals surface area (Å²) in [5.74, 6) is -0.255. The highest BCUT2D eigenvalue weighted by atomic mass is 16.6. The van der Waals surface area contributed by atoms with Crippen molar-refractivity contribution in [3.8, 4) is 5.75 Å². The first-order valence-corrected chi connectivity index (χ1v) is 5.76. The summed E-state index contributed by atoms with van der Waals surface area (Å²) >= 11 is 0. The maximum absolute atomic E-state index is 11.6. The van der Waals surface area contributed by atoms with Gasteiger partial charge in [0, 0.05) is 6.07 Å². The Balaban J connectivity index is 2.86. The molecule has 1 rings (SSSR count). The minimum Gasteiger partial charge on any atom is -0.490 e. The molecular formula is C13H17NO5. The minimum atomic E-state index is -0.554. The molecule has 104 valence electrons. The van der Waals surface area contributed by atoms with Gasteiger partial charge in [0.05, 0.1) is 18.5 Å². The van der Waals surface area contributed by atoms with Gasteiger partial charge in [-0.05, 0) is 32.4 Å². The normalized spacial score (nSPS) is 10.9. The molecule has 0 bridgehead atoms. The van der Waals surface area contributed by atoms with Crippen LogP contribution in [0.15, 0.2) is 18.2 Å². The summed E-state index contributed by atoms with van der Waals surface area (Å²) < 4.78 is 10.1. The summed E-state index contributed by atoms with van der Waals surface area (Å²) in [6.45, 7) is 5.34. The molecule has 0 atom stereocenters. The summed E-state index contributed by atoms with van der Waals surface area (Å²) in [6.07, 6.45) is 0.0472. The maximum atomic E-state index is 11.6. The van der Waals surface area contributed by atoms with Gasteiger partial charge in [0.2, 0.25) is 0 Å². The molecule has 0 aromatic heterocycles. The van der Waals surface area contributed by atoms with Crippen molar-refractivity contribution in [1.29, 1.82) is 0 Å². The van der Waals surface area contributed by atoms with Gasteiger partial charge in [-0.3, -0.25) is 14.9 Å². The largest absolute Gasteiger partial charge is 0.490 e. The summed E-state index contributed by atoms with van der Waals surface area (Å²) in [6, 6.07) is 4.31. The molecule has 0 N–H and O–H groups in total. The number of hydrogen-bond acceptors (Lipinski definition) is 5. The van der Waals surface area contributed by atoms with E-state index in [-0.39, 0.29) is 23.8 Å². The summed E-state index contributed by atoms with van der Waals surface area (Å²) in [4.78, 5) is 21.9. The Morgan fingerprint density at radius 3 is 2.47 bits per heavy atom. The molecule has 0 saturated heterocycles. The van der Waals surface area contributed by atoms with Crippen LogP contribution in [0.2, 0.25) is 0 Å². The number of nitrogens with zero attached hydrogens (tertiary/aromatic N) is 1. The quantitative estimate of drug-likeness (QED) is 0.475. The van der Waals surface area contributed by atoms with E-state index in [4.69, 9.17) is 9.47 Å². The summed E-state index contributed by atoms with van der Waals surface area (Å²) in [5.41, 5.74) is -0.0748. The van der Waals surface area contributed by atoms with E-state index in [0.717, 1.165) is 0 Å². The van der Waals surface area contributed by atoms with Gasteiger partial charge in [-0.15, -0.1) is 0 Å². The van der Waals surface area contributed by atoms with E-state index in [9.17, 15) is 14.9 Å². The van der Waals surface area contributed by atoms with Crippen LogP contribution >= 0.6 is 0 Å². The molecular weight excluding hydrogens is 250 g/mol. The Morgan fingerprint density at radius 1 is 1.37 bits per heavy atom. The lowest BCUT2D eigenvalue weighted by atomic mass is 10.1. The van der Waals surface area contributed by atoms with Crippen molar-refractivity contribution in [3.63, 3.8) is 0 Å². The predicted molar refractivity (Wildman–Crippen MR) is 69.2 cm³/mol. The Bertz CT molecular complexity index is 490. The molecule has 19 heavy (non-hydrogen) atoms. The van der Waals surface area contributed by atoms with E-state index < -0.39 is 10.5 Å². The molecule has 0 fully saturated rings. The highest BCUT2D eigenvalue weighted by Crippen LogP contribution is 2.27. The van der Waals surface area contributed by atoms with Gasteiger partial charge in [-0.2, -0.15) is 0 Å². The van der Waals surface area contributed by atoms with Crippen LogP contribution in [0.5, 0.6) is 5.75 Å². The number of esters is 1. The van der Waals surface area contributed by atoms with Crippen molar-refractivity contribution in [2.45, 2.75) is 32.8 Å². The van der Waals surface area contributed by atoms with Crippen molar-refractivity contribution in [2.75, 3.05) is 7.11 Å². The first-order valence-electron chi connectivity index (χ1n) is 5.76. The smallest absolute Gasteiger partial charge is 0.310 e. The molecule has 6 heteroatoms. The number of nitro benzene ring substituents is 1. The second-order valence-corrected chi connectivity index (χ2v) is 5.03. The van der Waals surface area contributed by atoms with Crippen LogP contribution in [0.4, 0.5) is 5.69 Å². The van der Waals surface area contributed by atoms with Gasteiger partial charge in [-0.25, -0.2) is 0 Å². The number of rotatable bonds is 4. The number of carbonyl (C=O) groups is 1. The molecule has 1 aromatic rings. The Hall–Kier alpha value is -2.11. The van der Waals surface area contributed by atoms with Gasteiger partial charge >= 0.3 is 11.7 Å². The topological polar surface area (TPSA) is 78.7 Å². The third kappa shape index (κ3) is 4.57. The Morgan fingerprint density at radius 2 is 2.00 bits per heavy atom. The monoisotopic (exact) mass is 267 g/mol. The SMILES string of the molecule is COc1cc(CC(=O)OC(C)(C)C)ccc1[N+](=O)[O-]. The summed E-state index contributed by atoms with van der Waals surface area (Å²) in [5, 5.41) is 10.7. The molecule has 0 spiro atoms. The van der Waals surface area contributed by atoms with Crippen LogP contribution < -0.4 is 4.74 Å². The van der Waals surface area contributed by atoms with Crippen LogP contribution in [-0.2, 0) is 16.0 Å². The maximum Gasteiger partial charge on any atom is 0.310 e. The molecule has 0 aliphatic heterocycles. The molecule has 0 unspecified atom stereocenters. The van der Waals surface area contributed by atoms with Gasteiger partial charge in [0.1, 0.15) is 5.60 Å². The zero-order valence-electron chi connectivity index (χ0n) is 11.4.